The summed E-state index contributed by atoms with van der Waals surface area (Å²) in [6, 6.07) is 13.6. The Hall–Kier alpha value is -2.43. The molecule has 3 rings (SSSR count). The third-order valence-electron chi connectivity index (χ3n) is 4.02. The maximum atomic E-state index is 10.7. The highest BCUT2D eigenvalue weighted by Gasteiger charge is 2.40. The Labute approximate surface area is 123 Å². The monoisotopic (exact) mass is 283 g/mol. The predicted molar refractivity (Wildman–Crippen MR) is 81.0 cm³/mol. The predicted octanol–water partition coefficient (Wildman–Crippen LogP) is 3.80. The third-order valence-corrected chi connectivity index (χ3v) is 4.02. The molecule has 3 unspecified atom stereocenters. The highest BCUT2D eigenvalue weighted by Crippen LogP contribution is 2.48. The smallest absolute Gasteiger partial charge is 0.287 e. The maximum Gasteiger partial charge on any atom is 0.287 e. The molecule has 5 heteroatoms. The lowest BCUT2D eigenvalue weighted by Gasteiger charge is -2.19. The number of hydrogen-bond acceptors (Lipinski definition) is 4. The number of rotatable bonds is 5. The first-order valence-corrected chi connectivity index (χ1v) is 7.07. The fourth-order valence-electron chi connectivity index (χ4n) is 2.65. The van der Waals surface area contributed by atoms with Crippen molar-refractivity contribution in [2.75, 3.05) is 5.32 Å². The quantitative estimate of drug-likeness (QED) is 0.669. The number of nitro groups is 1. The van der Waals surface area contributed by atoms with Gasteiger partial charge in [0.1, 0.15) is 12.0 Å². The molecule has 1 saturated carbocycles. The number of nitrogens with zero attached hydrogens (tertiary/aromatic N) is 2. The highest BCUT2D eigenvalue weighted by molar-refractivity contribution is 5.43. The standard InChI is InChI=1S/C16H17N3O2/c1-11-9-14(11)16(12-5-3-2-4-6-12)18-15-8-7-13(10-17-15)19(20)21/h2-8,10-11,14,16H,9H2,1H3,(H,17,18). The zero-order chi connectivity index (χ0) is 14.8. The molecule has 1 heterocycles. The molecule has 5 nitrogen and oxygen atoms in total. The topological polar surface area (TPSA) is 68.1 Å². The molecule has 108 valence electrons. The van der Waals surface area contributed by atoms with Crippen LogP contribution in [0, 0.1) is 22.0 Å². The van der Waals surface area contributed by atoms with Crippen LogP contribution >= 0.6 is 0 Å². The van der Waals surface area contributed by atoms with Crippen LogP contribution < -0.4 is 5.32 Å². The molecule has 1 fully saturated rings. The van der Waals surface area contributed by atoms with Gasteiger partial charge in [0.15, 0.2) is 0 Å². The van der Waals surface area contributed by atoms with Gasteiger partial charge in [0, 0.05) is 6.07 Å². The molecule has 0 saturated heterocycles. The summed E-state index contributed by atoms with van der Waals surface area (Å²) in [4.78, 5) is 14.4. The van der Waals surface area contributed by atoms with E-state index in [-0.39, 0.29) is 11.7 Å². The Morgan fingerprint density at radius 1 is 1.29 bits per heavy atom. The number of nitrogens with one attached hydrogen (secondary N) is 1. The van der Waals surface area contributed by atoms with Crippen LogP contribution in [0.3, 0.4) is 0 Å². The Balaban J connectivity index is 1.80. The Morgan fingerprint density at radius 2 is 2.00 bits per heavy atom. The molecule has 1 aromatic heterocycles. The van der Waals surface area contributed by atoms with E-state index in [4.69, 9.17) is 0 Å². The molecule has 2 aromatic rings. The molecule has 1 N–H and O–H groups in total. The summed E-state index contributed by atoms with van der Waals surface area (Å²) in [5.74, 6) is 1.96. The van der Waals surface area contributed by atoms with E-state index < -0.39 is 4.92 Å². The molecular formula is C16H17N3O2. The van der Waals surface area contributed by atoms with Crippen molar-refractivity contribution in [1.82, 2.24) is 4.98 Å². The number of anilines is 1. The lowest BCUT2D eigenvalue weighted by Crippen LogP contribution is -2.14. The van der Waals surface area contributed by atoms with E-state index in [9.17, 15) is 10.1 Å². The van der Waals surface area contributed by atoms with Crippen LogP contribution in [0.1, 0.15) is 24.9 Å². The summed E-state index contributed by atoms with van der Waals surface area (Å²) in [7, 11) is 0. The van der Waals surface area contributed by atoms with E-state index in [2.05, 4.69) is 29.4 Å². The second kappa shape index (κ2) is 5.52. The first-order valence-electron chi connectivity index (χ1n) is 7.07. The van der Waals surface area contributed by atoms with Crippen LogP contribution in [0.15, 0.2) is 48.7 Å². The van der Waals surface area contributed by atoms with Gasteiger partial charge in [-0.05, 0) is 29.9 Å². The first-order chi connectivity index (χ1) is 10.1. The van der Waals surface area contributed by atoms with Gasteiger partial charge in [-0.1, -0.05) is 37.3 Å². The fraction of sp³-hybridized carbons (Fsp3) is 0.312. The molecule has 0 bridgehead atoms. The van der Waals surface area contributed by atoms with Gasteiger partial charge in [-0.25, -0.2) is 4.98 Å². The molecule has 1 aliphatic rings. The van der Waals surface area contributed by atoms with Crippen LogP contribution in [0.5, 0.6) is 0 Å². The minimum absolute atomic E-state index is 0.0107. The molecular weight excluding hydrogens is 266 g/mol. The van der Waals surface area contributed by atoms with Gasteiger partial charge >= 0.3 is 0 Å². The first kappa shape index (κ1) is 13.5. The van der Waals surface area contributed by atoms with Crippen molar-refractivity contribution >= 4 is 11.5 Å². The van der Waals surface area contributed by atoms with Crippen molar-refractivity contribution in [3.63, 3.8) is 0 Å². The minimum atomic E-state index is -0.436. The minimum Gasteiger partial charge on any atom is -0.363 e. The van der Waals surface area contributed by atoms with Crippen LogP contribution in [0.2, 0.25) is 0 Å². The van der Waals surface area contributed by atoms with Crippen molar-refractivity contribution in [2.24, 2.45) is 11.8 Å². The molecule has 21 heavy (non-hydrogen) atoms. The molecule has 0 radical (unpaired) electrons. The molecule has 0 amide bonds. The van der Waals surface area contributed by atoms with Gasteiger partial charge in [0.05, 0.1) is 11.0 Å². The number of benzene rings is 1. The van der Waals surface area contributed by atoms with Gasteiger partial charge in [-0.15, -0.1) is 0 Å². The highest BCUT2D eigenvalue weighted by atomic mass is 16.6. The van der Waals surface area contributed by atoms with Crippen LogP contribution in [-0.2, 0) is 0 Å². The van der Waals surface area contributed by atoms with E-state index in [1.807, 2.05) is 18.2 Å². The van der Waals surface area contributed by atoms with Crippen molar-refractivity contribution in [3.8, 4) is 0 Å². The fourth-order valence-corrected chi connectivity index (χ4v) is 2.65. The molecule has 1 aliphatic carbocycles. The second-order valence-corrected chi connectivity index (χ2v) is 5.57. The van der Waals surface area contributed by atoms with E-state index in [0.717, 1.165) is 0 Å². The number of aromatic nitrogens is 1. The van der Waals surface area contributed by atoms with Crippen LogP contribution in [0.4, 0.5) is 11.5 Å². The zero-order valence-corrected chi connectivity index (χ0v) is 11.8. The van der Waals surface area contributed by atoms with Gasteiger partial charge in [0.25, 0.3) is 5.69 Å². The largest absolute Gasteiger partial charge is 0.363 e. The van der Waals surface area contributed by atoms with E-state index >= 15 is 0 Å². The lowest BCUT2D eigenvalue weighted by molar-refractivity contribution is -0.385. The summed E-state index contributed by atoms with van der Waals surface area (Å²) < 4.78 is 0. The zero-order valence-electron chi connectivity index (χ0n) is 11.8. The summed E-state index contributed by atoms with van der Waals surface area (Å²) in [6.07, 6.45) is 2.49. The second-order valence-electron chi connectivity index (χ2n) is 5.57. The molecule has 1 aromatic carbocycles. The van der Waals surface area contributed by atoms with Crippen molar-refractivity contribution < 1.29 is 4.92 Å². The summed E-state index contributed by atoms with van der Waals surface area (Å²) >= 11 is 0. The number of hydrogen-bond donors (Lipinski definition) is 1. The van der Waals surface area contributed by atoms with Crippen molar-refractivity contribution in [2.45, 2.75) is 19.4 Å². The average Bonchev–Trinajstić information content (AvgIpc) is 3.23. The van der Waals surface area contributed by atoms with E-state index in [0.29, 0.717) is 17.7 Å². The lowest BCUT2D eigenvalue weighted by atomic mass is 10.0. The maximum absolute atomic E-state index is 10.7. The van der Waals surface area contributed by atoms with Gasteiger partial charge in [-0.2, -0.15) is 0 Å². The van der Waals surface area contributed by atoms with Crippen LogP contribution in [-0.4, -0.2) is 9.91 Å². The summed E-state index contributed by atoms with van der Waals surface area (Å²) in [5, 5.41) is 14.1. The van der Waals surface area contributed by atoms with Crippen molar-refractivity contribution in [1.29, 1.82) is 0 Å². The van der Waals surface area contributed by atoms with Gasteiger partial charge in [-0.3, -0.25) is 10.1 Å². The molecule has 3 atom stereocenters. The Kier molecular flexibility index (Phi) is 3.56. The van der Waals surface area contributed by atoms with E-state index in [1.54, 1.807) is 6.07 Å². The molecule has 0 aliphatic heterocycles. The number of pyridine rings is 1. The van der Waals surface area contributed by atoms with Crippen molar-refractivity contribution in [3.05, 3.63) is 64.3 Å². The summed E-state index contributed by atoms with van der Waals surface area (Å²) in [5.41, 5.74) is 1.24. The molecule has 0 spiro atoms. The normalized spacial score (nSPS) is 21.6. The third kappa shape index (κ3) is 3.02. The Bertz CT molecular complexity index is 628. The van der Waals surface area contributed by atoms with Gasteiger partial charge in [0.2, 0.25) is 0 Å². The SMILES string of the molecule is CC1CC1C(Nc1ccc([N+](=O)[O-])cn1)c1ccccc1. The van der Waals surface area contributed by atoms with E-state index in [1.165, 1.54) is 24.2 Å². The van der Waals surface area contributed by atoms with Crippen LogP contribution in [0.25, 0.3) is 0 Å². The Morgan fingerprint density at radius 3 is 2.52 bits per heavy atom. The average molecular weight is 283 g/mol. The summed E-state index contributed by atoms with van der Waals surface area (Å²) in [6.45, 7) is 2.24. The van der Waals surface area contributed by atoms with Gasteiger partial charge < -0.3 is 5.32 Å².